The predicted octanol–water partition coefficient (Wildman–Crippen LogP) is 0.999. The van der Waals surface area contributed by atoms with Crippen LogP contribution in [0.2, 0.25) is 19.6 Å². The van der Waals surface area contributed by atoms with Crippen LogP contribution in [-0.2, 0) is 4.57 Å². The van der Waals surface area contributed by atoms with Crippen molar-refractivity contribution in [3.05, 3.63) is 0 Å². The quantitative estimate of drug-likeness (QED) is 0.437. The number of hydrogen-bond donors (Lipinski definition) is 2. The molecule has 0 spiro atoms. The summed E-state index contributed by atoms with van der Waals surface area (Å²) in [5.74, 6) is 0. The van der Waals surface area contributed by atoms with Gasteiger partial charge in [-0.2, -0.15) is 0 Å². The molecule has 0 fully saturated rings. The standard InChI is InChI=1S/C3H11O3PSi/c1-8(2,3)7(4,5)6/h1-3H3,(H2,4,5,6). The molecule has 0 aliphatic rings. The molecule has 50 valence electrons. The summed E-state index contributed by atoms with van der Waals surface area (Å²) >= 11 is 0. The van der Waals surface area contributed by atoms with Crippen LogP contribution in [0.4, 0.5) is 0 Å². The minimum atomic E-state index is -3.71. The molecule has 0 atom stereocenters. The van der Waals surface area contributed by atoms with Crippen molar-refractivity contribution in [3.63, 3.8) is 0 Å². The first-order valence-corrected chi connectivity index (χ1v) is 8.26. The monoisotopic (exact) mass is 154 g/mol. The van der Waals surface area contributed by atoms with E-state index in [1.165, 1.54) is 0 Å². The molecule has 0 amide bonds. The second kappa shape index (κ2) is 1.95. The first-order chi connectivity index (χ1) is 3.25. The summed E-state index contributed by atoms with van der Waals surface area (Å²) in [6, 6.07) is 0. The zero-order valence-corrected chi connectivity index (χ0v) is 7.14. The third-order valence-electron chi connectivity index (χ3n) is 0.874. The molecule has 5 heteroatoms. The van der Waals surface area contributed by atoms with Gasteiger partial charge in [-0.3, -0.25) is 4.57 Å². The van der Waals surface area contributed by atoms with E-state index in [1.54, 1.807) is 19.6 Å². The molecule has 8 heavy (non-hydrogen) atoms. The predicted molar refractivity (Wildman–Crippen MR) is 35.4 cm³/mol. The lowest BCUT2D eigenvalue weighted by molar-refractivity contribution is 0.391. The normalized spacial score (nSPS) is 14.1. The van der Waals surface area contributed by atoms with Gasteiger partial charge in [0, 0.05) is 0 Å². The van der Waals surface area contributed by atoms with E-state index in [9.17, 15) is 4.57 Å². The average Bonchev–Trinajstić information content (AvgIpc) is 1.25. The summed E-state index contributed by atoms with van der Waals surface area (Å²) in [5, 5.41) is 0. The number of rotatable bonds is 1. The van der Waals surface area contributed by atoms with Crippen molar-refractivity contribution in [2.45, 2.75) is 19.6 Å². The van der Waals surface area contributed by atoms with Crippen LogP contribution in [0.3, 0.4) is 0 Å². The van der Waals surface area contributed by atoms with E-state index in [0.717, 1.165) is 0 Å². The van der Waals surface area contributed by atoms with E-state index in [-0.39, 0.29) is 0 Å². The van der Waals surface area contributed by atoms with Crippen molar-refractivity contribution >= 4 is 14.9 Å². The SMILES string of the molecule is C[Si](C)(C)P(=O)(O)O. The molecular weight excluding hydrogens is 143 g/mol. The van der Waals surface area contributed by atoms with Crippen molar-refractivity contribution in [1.29, 1.82) is 0 Å². The van der Waals surface area contributed by atoms with E-state index in [2.05, 4.69) is 0 Å². The molecule has 0 radical (unpaired) electrons. The van der Waals surface area contributed by atoms with Crippen molar-refractivity contribution < 1.29 is 14.4 Å². The van der Waals surface area contributed by atoms with Gasteiger partial charge >= 0.3 is 0 Å². The fourth-order valence-corrected chi connectivity index (χ4v) is 0. The van der Waals surface area contributed by atoms with Crippen molar-refractivity contribution in [1.82, 2.24) is 0 Å². The lowest BCUT2D eigenvalue weighted by Gasteiger charge is -2.16. The van der Waals surface area contributed by atoms with Gasteiger partial charge in [-0.05, 0) is 0 Å². The van der Waals surface area contributed by atoms with Crippen LogP contribution in [-0.4, -0.2) is 17.5 Å². The zero-order valence-electron chi connectivity index (χ0n) is 5.25. The average molecular weight is 154 g/mol. The first-order valence-electron chi connectivity index (χ1n) is 2.31. The molecule has 3 nitrogen and oxygen atoms in total. The molecule has 0 unspecified atom stereocenters. The molecule has 0 rings (SSSR count). The van der Waals surface area contributed by atoms with Crippen LogP contribution in [0.5, 0.6) is 0 Å². The van der Waals surface area contributed by atoms with Gasteiger partial charge in [0.15, 0.2) is 7.74 Å². The maximum Gasteiger partial charge on any atom is 0.291 e. The molecule has 0 saturated heterocycles. The Hall–Kier alpha value is 0.367. The van der Waals surface area contributed by atoms with Gasteiger partial charge in [0.25, 0.3) is 7.14 Å². The Labute approximate surface area is 49.8 Å². The second-order valence-corrected chi connectivity index (χ2v) is 13.9. The van der Waals surface area contributed by atoms with Crippen LogP contribution >= 0.6 is 7.14 Å². The highest BCUT2D eigenvalue weighted by molar-refractivity contribution is 7.91. The Kier molecular flexibility index (Phi) is 2.04. The largest absolute Gasteiger partial charge is 0.329 e. The van der Waals surface area contributed by atoms with Crippen LogP contribution in [0.15, 0.2) is 0 Å². The fourth-order valence-electron chi connectivity index (χ4n) is 0. The van der Waals surface area contributed by atoms with Gasteiger partial charge in [-0.25, -0.2) is 0 Å². The molecule has 0 aromatic heterocycles. The van der Waals surface area contributed by atoms with E-state index < -0.39 is 14.9 Å². The van der Waals surface area contributed by atoms with Crippen LogP contribution in [0.1, 0.15) is 0 Å². The second-order valence-electron chi connectivity index (χ2n) is 2.71. The van der Waals surface area contributed by atoms with Crippen molar-refractivity contribution in [2.75, 3.05) is 0 Å². The van der Waals surface area contributed by atoms with Crippen LogP contribution in [0.25, 0.3) is 0 Å². The highest BCUT2D eigenvalue weighted by Crippen LogP contribution is 2.46. The topological polar surface area (TPSA) is 57.5 Å². The van der Waals surface area contributed by atoms with Gasteiger partial charge in [-0.1, -0.05) is 19.6 Å². The smallest absolute Gasteiger partial charge is 0.291 e. The fraction of sp³-hybridized carbons (Fsp3) is 1.00. The van der Waals surface area contributed by atoms with Gasteiger partial charge < -0.3 is 9.79 Å². The maximum atomic E-state index is 10.4. The molecular formula is C3H11O3PSi. The highest BCUT2D eigenvalue weighted by Gasteiger charge is 2.34. The zero-order chi connectivity index (χ0) is 7.00. The van der Waals surface area contributed by atoms with Crippen LogP contribution < -0.4 is 0 Å². The van der Waals surface area contributed by atoms with E-state index in [0.29, 0.717) is 0 Å². The highest BCUT2D eigenvalue weighted by atomic mass is 31.4. The van der Waals surface area contributed by atoms with Crippen molar-refractivity contribution in [2.24, 2.45) is 0 Å². The lowest BCUT2D eigenvalue weighted by atomic mass is 11.8. The van der Waals surface area contributed by atoms with Crippen molar-refractivity contribution in [3.8, 4) is 0 Å². The molecule has 0 heterocycles. The molecule has 0 aliphatic carbocycles. The summed E-state index contributed by atoms with van der Waals surface area (Å²) in [6.07, 6.45) is 0. The van der Waals surface area contributed by atoms with Gasteiger partial charge in [0.05, 0.1) is 0 Å². The summed E-state index contributed by atoms with van der Waals surface area (Å²) in [7, 11) is -5.90. The third kappa shape index (κ3) is 2.09. The first kappa shape index (κ1) is 8.37. The van der Waals surface area contributed by atoms with E-state index in [4.69, 9.17) is 9.79 Å². The lowest BCUT2D eigenvalue weighted by Crippen LogP contribution is -2.19. The Bertz CT molecular complexity index is 121. The summed E-state index contributed by atoms with van der Waals surface area (Å²) in [6.45, 7) is 4.94. The third-order valence-corrected chi connectivity index (χ3v) is 7.86. The molecule has 2 N–H and O–H groups in total. The van der Waals surface area contributed by atoms with Crippen LogP contribution in [0, 0.1) is 0 Å². The maximum absolute atomic E-state index is 10.4. The van der Waals surface area contributed by atoms with Gasteiger partial charge in [0.1, 0.15) is 0 Å². The molecule has 0 aliphatic heterocycles. The Balaban J connectivity index is 4.26. The summed E-state index contributed by atoms with van der Waals surface area (Å²) in [4.78, 5) is 17.1. The molecule has 0 aromatic rings. The molecule has 0 aromatic carbocycles. The minimum Gasteiger partial charge on any atom is -0.329 e. The van der Waals surface area contributed by atoms with E-state index in [1.807, 2.05) is 0 Å². The Morgan fingerprint density at radius 1 is 1.25 bits per heavy atom. The summed E-state index contributed by atoms with van der Waals surface area (Å²) < 4.78 is 10.4. The number of hydrogen-bond acceptors (Lipinski definition) is 1. The Morgan fingerprint density at radius 2 is 1.38 bits per heavy atom. The van der Waals surface area contributed by atoms with Gasteiger partial charge in [0.2, 0.25) is 0 Å². The minimum absolute atomic E-state index is 1.65. The summed E-state index contributed by atoms with van der Waals surface area (Å²) in [5.41, 5.74) is 0. The van der Waals surface area contributed by atoms with E-state index >= 15 is 0 Å². The molecule has 0 bridgehead atoms. The molecule has 0 saturated carbocycles. The van der Waals surface area contributed by atoms with Gasteiger partial charge in [-0.15, -0.1) is 0 Å². The Morgan fingerprint density at radius 3 is 1.38 bits per heavy atom.